The van der Waals surface area contributed by atoms with Crippen LogP contribution in [0.25, 0.3) is 6.08 Å². The molecule has 0 aromatic heterocycles. The molecule has 0 aliphatic carbocycles. The third-order valence-electron chi connectivity index (χ3n) is 5.40. The average Bonchev–Trinajstić information content (AvgIpc) is 2.82. The van der Waals surface area contributed by atoms with Gasteiger partial charge in [0.1, 0.15) is 30.5 Å². The van der Waals surface area contributed by atoms with Gasteiger partial charge in [-0.3, -0.25) is 14.9 Å². The van der Waals surface area contributed by atoms with Crippen LogP contribution in [0.4, 0.5) is 17.1 Å². The monoisotopic (exact) mass is 434 g/mol. The standard InChI is InChI=1S/C23H22N4O5/c24-15-17(12-16-4-6-18(7-5-16)26-8-2-1-3-9-26)23(28)25-19-13-21-22(32-11-10-31-21)14-20(19)27(29)30/h4-7,12-14H,1-3,8-11H2,(H,25,28)/b17-12+. The largest absolute Gasteiger partial charge is 0.486 e. The van der Waals surface area contributed by atoms with E-state index in [1.54, 1.807) is 0 Å². The maximum atomic E-state index is 12.7. The lowest BCUT2D eigenvalue weighted by Gasteiger charge is -2.28. The van der Waals surface area contributed by atoms with Crippen LogP contribution >= 0.6 is 0 Å². The Hall–Kier alpha value is -4.06. The third kappa shape index (κ3) is 4.64. The third-order valence-corrected chi connectivity index (χ3v) is 5.40. The number of carbonyl (C=O) groups excluding carboxylic acids is 1. The van der Waals surface area contributed by atoms with E-state index in [1.165, 1.54) is 37.5 Å². The van der Waals surface area contributed by atoms with Gasteiger partial charge in [0.25, 0.3) is 11.6 Å². The van der Waals surface area contributed by atoms with E-state index in [1.807, 2.05) is 30.3 Å². The van der Waals surface area contributed by atoms with Gasteiger partial charge >= 0.3 is 0 Å². The van der Waals surface area contributed by atoms with Crippen molar-refractivity contribution in [3.63, 3.8) is 0 Å². The molecule has 0 atom stereocenters. The summed E-state index contributed by atoms with van der Waals surface area (Å²) < 4.78 is 10.8. The highest BCUT2D eigenvalue weighted by atomic mass is 16.6. The number of hydrogen-bond acceptors (Lipinski definition) is 7. The number of benzene rings is 2. The Labute approximate surface area is 185 Å². The van der Waals surface area contributed by atoms with Crippen LogP contribution in [0.3, 0.4) is 0 Å². The smallest absolute Gasteiger partial charge is 0.296 e. The topological polar surface area (TPSA) is 118 Å². The molecule has 4 rings (SSSR count). The lowest BCUT2D eigenvalue weighted by atomic mass is 10.1. The van der Waals surface area contributed by atoms with Crippen LogP contribution in [0.1, 0.15) is 24.8 Å². The van der Waals surface area contributed by atoms with Crippen LogP contribution in [0.5, 0.6) is 11.5 Å². The highest BCUT2D eigenvalue weighted by molar-refractivity contribution is 6.10. The molecule has 32 heavy (non-hydrogen) atoms. The van der Waals surface area contributed by atoms with Gasteiger partial charge in [0.2, 0.25) is 0 Å². The molecule has 0 spiro atoms. The van der Waals surface area contributed by atoms with Crippen LogP contribution in [-0.4, -0.2) is 37.1 Å². The molecule has 0 saturated carbocycles. The van der Waals surface area contributed by atoms with Gasteiger partial charge < -0.3 is 19.7 Å². The first-order valence-corrected chi connectivity index (χ1v) is 10.4. The summed E-state index contributed by atoms with van der Waals surface area (Å²) in [6, 6.07) is 12.1. The van der Waals surface area contributed by atoms with Crippen LogP contribution in [0.15, 0.2) is 42.0 Å². The maximum Gasteiger partial charge on any atom is 0.296 e. The molecule has 0 bridgehead atoms. The number of hydrogen-bond donors (Lipinski definition) is 1. The molecule has 2 aliphatic rings. The number of rotatable bonds is 5. The fourth-order valence-corrected chi connectivity index (χ4v) is 3.77. The molecule has 2 aromatic rings. The van der Waals surface area contributed by atoms with Crippen molar-refractivity contribution in [2.24, 2.45) is 0 Å². The van der Waals surface area contributed by atoms with Gasteiger partial charge in [-0.1, -0.05) is 12.1 Å². The Morgan fingerprint density at radius 3 is 2.38 bits per heavy atom. The summed E-state index contributed by atoms with van der Waals surface area (Å²) in [5, 5.41) is 23.4. The summed E-state index contributed by atoms with van der Waals surface area (Å²) in [4.78, 5) is 25.8. The highest BCUT2D eigenvalue weighted by Crippen LogP contribution is 2.39. The molecule has 1 amide bonds. The zero-order valence-electron chi connectivity index (χ0n) is 17.4. The van der Waals surface area contributed by atoms with E-state index in [9.17, 15) is 20.2 Å². The molecule has 9 heteroatoms. The number of nitrogens with one attached hydrogen (secondary N) is 1. The summed E-state index contributed by atoms with van der Waals surface area (Å²) in [6.45, 7) is 2.63. The van der Waals surface area contributed by atoms with Crippen LogP contribution in [-0.2, 0) is 4.79 Å². The number of carbonyl (C=O) groups is 1. The van der Waals surface area contributed by atoms with Gasteiger partial charge in [0.15, 0.2) is 11.5 Å². The van der Waals surface area contributed by atoms with Crippen LogP contribution in [0, 0.1) is 21.4 Å². The second-order valence-corrected chi connectivity index (χ2v) is 7.53. The first kappa shape index (κ1) is 21.2. The molecule has 2 heterocycles. The fourth-order valence-electron chi connectivity index (χ4n) is 3.77. The van der Waals surface area contributed by atoms with E-state index in [4.69, 9.17) is 9.47 Å². The number of ether oxygens (including phenoxy) is 2. The Morgan fingerprint density at radius 2 is 1.75 bits per heavy atom. The van der Waals surface area contributed by atoms with Crippen molar-refractivity contribution in [3.05, 3.63) is 57.6 Å². The van der Waals surface area contributed by atoms with Gasteiger partial charge in [-0.25, -0.2) is 0 Å². The van der Waals surface area contributed by atoms with E-state index < -0.39 is 10.8 Å². The van der Waals surface area contributed by atoms with Crippen molar-refractivity contribution in [1.29, 1.82) is 5.26 Å². The second-order valence-electron chi connectivity index (χ2n) is 7.53. The second kappa shape index (κ2) is 9.39. The molecular formula is C23H22N4O5. The van der Waals surface area contributed by atoms with Crippen molar-refractivity contribution in [2.45, 2.75) is 19.3 Å². The van der Waals surface area contributed by atoms with Gasteiger partial charge in [-0.05, 0) is 43.0 Å². The van der Waals surface area contributed by atoms with Gasteiger partial charge in [0, 0.05) is 24.8 Å². The van der Waals surface area contributed by atoms with E-state index >= 15 is 0 Å². The molecule has 1 N–H and O–H groups in total. The lowest BCUT2D eigenvalue weighted by Crippen LogP contribution is -2.29. The van der Waals surface area contributed by atoms with Gasteiger partial charge in [-0.15, -0.1) is 0 Å². The minimum Gasteiger partial charge on any atom is -0.486 e. The number of amides is 1. The van der Waals surface area contributed by atoms with Crippen molar-refractivity contribution in [2.75, 3.05) is 36.5 Å². The number of anilines is 2. The van der Waals surface area contributed by atoms with Crippen molar-refractivity contribution in [1.82, 2.24) is 0 Å². The van der Waals surface area contributed by atoms with Gasteiger partial charge in [-0.2, -0.15) is 5.26 Å². The van der Waals surface area contributed by atoms with Gasteiger partial charge in [0.05, 0.1) is 11.0 Å². The highest BCUT2D eigenvalue weighted by Gasteiger charge is 2.24. The summed E-state index contributed by atoms with van der Waals surface area (Å²) in [5.41, 5.74) is 1.22. The summed E-state index contributed by atoms with van der Waals surface area (Å²) >= 11 is 0. The quantitative estimate of drug-likeness (QED) is 0.328. The summed E-state index contributed by atoms with van der Waals surface area (Å²) in [7, 11) is 0. The molecule has 2 aromatic carbocycles. The molecule has 1 saturated heterocycles. The molecule has 0 unspecified atom stereocenters. The number of nitrogens with zero attached hydrogens (tertiary/aromatic N) is 3. The zero-order chi connectivity index (χ0) is 22.5. The Kier molecular flexibility index (Phi) is 6.22. The van der Waals surface area contributed by atoms with Crippen molar-refractivity contribution < 1.29 is 19.2 Å². The van der Waals surface area contributed by atoms with E-state index in [-0.39, 0.29) is 29.3 Å². The maximum absolute atomic E-state index is 12.7. The predicted octanol–water partition coefficient (Wildman–Crippen LogP) is 3.90. The number of nitriles is 1. The van der Waals surface area contributed by atoms with E-state index in [2.05, 4.69) is 10.2 Å². The van der Waals surface area contributed by atoms with Crippen LogP contribution in [0.2, 0.25) is 0 Å². The molecular weight excluding hydrogens is 412 g/mol. The fraction of sp³-hybridized carbons (Fsp3) is 0.304. The Bertz CT molecular complexity index is 1100. The predicted molar refractivity (Wildman–Crippen MR) is 119 cm³/mol. The summed E-state index contributed by atoms with van der Waals surface area (Å²) in [6.07, 6.45) is 5.05. The summed E-state index contributed by atoms with van der Waals surface area (Å²) in [5.74, 6) is -0.203. The normalized spacial score (nSPS) is 15.6. The SMILES string of the molecule is N#C/C(=C\c1ccc(N2CCCCC2)cc1)C(=O)Nc1cc2c(cc1[N+](=O)[O-])OCCO2. The van der Waals surface area contributed by atoms with E-state index in [0.717, 1.165) is 18.8 Å². The van der Waals surface area contributed by atoms with Crippen molar-refractivity contribution in [3.8, 4) is 17.6 Å². The number of piperidine rings is 1. The van der Waals surface area contributed by atoms with E-state index in [0.29, 0.717) is 17.9 Å². The number of nitro benzene ring substituents is 1. The van der Waals surface area contributed by atoms with Crippen LogP contribution < -0.4 is 19.7 Å². The minimum atomic E-state index is -0.743. The van der Waals surface area contributed by atoms with Crippen molar-refractivity contribution >= 4 is 29.0 Å². The molecule has 9 nitrogen and oxygen atoms in total. The molecule has 0 radical (unpaired) electrons. The Morgan fingerprint density at radius 1 is 1.09 bits per heavy atom. The number of fused-ring (bicyclic) bond motifs is 1. The molecule has 2 aliphatic heterocycles. The average molecular weight is 434 g/mol. The minimum absolute atomic E-state index is 0.0640. The molecule has 164 valence electrons. The Balaban J connectivity index is 1.53. The number of nitro groups is 1. The first-order chi connectivity index (χ1) is 15.5. The zero-order valence-corrected chi connectivity index (χ0v) is 17.4. The molecule has 1 fully saturated rings. The first-order valence-electron chi connectivity index (χ1n) is 10.4. The lowest BCUT2D eigenvalue weighted by molar-refractivity contribution is -0.384.